The quantitative estimate of drug-likeness (QED) is 0.435. The molecule has 0 fully saturated rings. The van der Waals surface area contributed by atoms with E-state index in [1.165, 1.54) is 0 Å². The first-order chi connectivity index (χ1) is 2.00. The molecule has 0 aromatic carbocycles. The standard InChI is InChI=1S/2CH2O.H3N/c2*1-2;/h2*1H2;1H3. The second kappa shape index (κ2) is 35.6. The summed E-state index contributed by atoms with van der Waals surface area (Å²) >= 11 is 0. The third-order valence-electron chi connectivity index (χ3n) is 0. The van der Waals surface area contributed by atoms with Crippen molar-refractivity contribution >= 4 is 13.6 Å². The first kappa shape index (κ1) is 27.7. The molecule has 3 nitrogen and oxygen atoms in total. The molecule has 0 atom stereocenters. The van der Waals surface area contributed by atoms with E-state index >= 15 is 0 Å². The van der Waals surface area contributed by atoms with Crippen LogP contribution in [0.4, 0.5) is 0 Å². The number of carbonyl (C=O) groups excluding carboxylic acids is 2. The SMILES string of the molecule is C=O.C=O.N. The van der Waals surface area contributed by atoms with E-state index in [1.54, 1.807) is 0 Å². The van der Waals surface area contributed by atoms with Crippen LogP contribution in [0, 0.1) is 0 Å². The monoisotopic (exact) mass is 77.0 g/mol. The van der Waals surface area contributed by atoms with Crippen LogP contribution in [-0.2, 0) is 9.59 Å². The smallest absolute Gasteiger partial charge is 0.106 e. The average molecular weight is 77.1 g/mol. The summed E-state index contributed by atoms with van der Waals surface area (Å²) in [5.74, 6) is 0. The Kier molecular flexibility index (Phi) is 197. The number of hydrogen-bond donors (Lipinski definition) is 1. The fourth-order valence-corrected chi connectivity index (χ4v) is 0. The fourth-order valence-electron chi connectivity index (χ4n) is 0. The summed E-state index contributed by atoms with van der Waals surface area (Å²) in [6.07, 6.45) is 0. The first-order valence-corrected chi connectivity index (χ1v) is 0.577. The van der Waals surface area contributed by atoms with Gasteiger partial charge in [-0.2, -0.15) is 0 Å². The van der Waals surface area contributed by atoms with Crippen molar-refractivity contribution in [2.45, 2.75) is 0 Å². The summed E-state index contributed by atoms with van der Waals surface area (Å²) in [7, 11) is 0. The molecule has 0 aliphatic carbocycles. The van der Waals surface area contributed by atoms with E-state index in [4.69, 9.17) is 9.59 Å². The van der Waals surface area contributed by atoms with Crippen LogP contribution in [0.1, 0.15) is 0 Å². The van der Waals surface area contributed by atoms with E-state index in [9.17, 15) is 0 Å². The summed E-state index contributed by atoms with van der Waals surface area (Å²) in [4.78, 5) is 16.0. The Morgan fingerprint density at radius 3 is 0.800 bits per heavy atom. The number of hydrogen-bond acceptors (Lipinski definition) is 3. The molecule has 0 unspecified atom stereocenters. The maximum Gasteiger partial charge on any atom is 0.106 e. The lowest BCUT2D eigenvalue weighted by Crippen LogP contribution is -0.925. The minimum Gasteiger partial charge on any atom is -0.344 e. The molecule has 0 spiro atoms. The van der Waals surface area contributed by atoms with Gasteiger partial charge in [-0.25, -0.2) is 0 Å². The zero-order valence-electron chi connectivity index (χ0n) is 2.94. The van der Waals surface area contributed by atoms with Gasteiger partial charge in [-0.1, -0.05) is 0 Å². The van der Waals surface area contributed by atoms with E-state index in [-0.39, 0.29) is 6.15 Å². The number of carbonyl (C=O) groups is 2. The molecule has 3 N–H and O–H groups in total. The molecule has 0 aromatic rings. The summed E-state index contributed by atoms with van der Waals surface area (Å²) < 4.78 is 0. The maximum atomic E-state index is 8.00. The highest BCUT2D eigenvalue weighted by Crippen LogP contribution is 0.496. The van der Waals surface area contributed by atoms with Gasteiger partial charge in [-0.05, 0) is 0 Å². The van der Waals surface area contributed by atoms with Gasteiger partial charge < -0.3 is 15.7 Å². The van der Waals surface area contributed by atoms with Crippen LogP contribution < -0.4 is 6.15 Å². The summed E-state index contributed by atoms with van der Waals surface area (Å²) in [6, 6.07) is 0. The van der Waals surface area contributed by atoms with Gasteiger partial charge in [0.05, 0.1) is 0 Å². The third kappa shape index (κ3) is 11.4. The highest BCUT2D eigenvalue weighted by molar-refractivity contribution is 5.11. The van der Waals surface area contributed by atoms with Crippen molar-refractivity contribution in [3.05, 3.63) is 0 Å². The van der Waals surface area contributed by atoms with Crippen molar-refractivity contribution in [1.29, 1.82) is 0 Å². The molecule has 0 heterocycles. The van der Waals surface area contributed by atoms with Crippen LogP contribution in [0.2, 0.25) is 0 Å². The Morgan fingerprint density at radius 1 is 0.800 bits per heavy atom. The molecule has 0 aliphatic rings. The average Bonchev–Trinajstić information content (AvgIpc) is 1.50. The van der Waals surface area contributed by atoms with Gasteiger partial charge in [0.1, 0.15) is 13.6 Å². The first-order valence-electron chi connectivity index (χ1n) is 0.577. The minimum atomic E-state index is 0. The Bertz CT molecular complexity index is 9.61. The molecule has 0 aliphatic heterocycles. The molecular formula is C2H7NO2. The zero-order valence-corrected chi connectivity index (χ0v) is 2.94. The van der Waals surface area contributed by atoms with Gasteiger partial charge in [0.15, 0.2) is 0 Å². The summed E-state index contributed by atoms with van der Waals surface area (Å²) in [5, 5.41) is 0. The van der Waals surface area contributed by atoms with Crippen LogP contribution in [0.5, 0.6) is 0 Å². The van der Waals surface area contributed by atoms with Crippen LogP contribution in [0.25, 0.3) is 0 Å². The molecule has 32 valence electrons. The highest BCUT2D eigenvalue weighted by atomic mass is 16.1. The van der Waals surface area contributed by atoms with E-state index in [1.807, 2.05) is 13.6 Å². The summed E-state index contributed by atoms with van der Waals surface area (Å²) in [5.41, 5.74) is 0. The largest absolute Gasteiger partial charge is 0.344 e. The third-order valence-corrected chi connectivity index (χ3v) is 0. The van der Waals surface area contributed by atoms with Gasteiger partial charge in [0, 0.05) is 0 Å². The Balaban J connectivity index is -0.0000000133. The van der Waals surface area contributed by atoms with Gasteiger partial charge in [0.25, 0.3) is 0 Å². The van der Waals surface area contributed by atoms with Gasteiger partial charge in [-0.15, -0.1) is 0 Å². The molecule has 0 rings (SSSR count). The number of rotatable bonds is 0. The van der Waals surface area contributed by atoms with Crippen molar-refractivity contribution < 1.29 is 9.59 Å². The van der Waals surface area contributed by atoms with E-state index in [2.05, 4.69) is 0 Å². The normalized spacial score (nSPS) is 1.60. The van der Waals surface area contributed by atoms with Crippen LogP contribution in [0.3, 0.4) is 0 Å². The molecule has 3 heteroatoms. The van der Waals surface area contributed by atoms with E-state index in [0.29, 0.717) is 0 Å². The molecule has 0 amide bonds. The molecule has 0 bridgehead atoms. The molecule has 0 aromatic heterocycles. The van der Waals surface area contributed by atoms with E-state index in [0.717, 1.165) is 0 Å². The second-order valence-electron chi connectivity index (χ2n) is 0. The maximum absolute atomic E-state index is 8.00. The second-order valence-corrected chi connectivity index (χ2v) is 0. The van der Waals surface area contributed by atoms with Gasteiger partial charge in [-0.3, -0.25) is 0 Å². The van der Waals surface area contributed by atoms with Crippen LogP contribution >= 0.6 is 0 Å². The highest BCUT2D eigenvalue weighted by Gasteiger charge is 0.638. The van der Waals surface area contributed by atoms with Crippen LogP contribution in [-0.4, -0.2) is 13.6 Å². The Labute approximate surface area is 30.6 Å². The molecule has 0 saturated heterocycles. The molecular weight excluding hydrogens is 70.0 g/mol. The molecule has 0 radical (unpaired) electrons. The van der Waals surface area contributed by atoms with Crippen LogP contribution in [0.15, 0.2) is 0 Å². The van der Waals surface area contributed by atoms with E-state index < -0.39 is 0 Å². The summed E-state index contributed by atoms with van der Waals surface area (Å²) in [6.45, 7) is 4.00. The van der Waals surface area contributed by atoms with Gasteiger partial charge >= 0.3 is 0 Å². The van der Waals surface area contributed by atoms with Crippen molar-refractivity contribution in [2.24, 2.45) is 0 Å². The lowest BCUT2D eigenvalue weighted by Gasteiger charge is -0.837. The zero-order chi connectivity index (χ0) is 4.00. The van der Waals surface area contributed by atoms with Crippen molar-refractivity contribution in [3.8, 4) is 0 Å². The van der Waals surface area contributed by atoms with Gasteiger partial charge in [0.2, 0.25) is 0 Å². The molecule has 0 saturated carbocycles. The van der Waals surface area contributed by atoms with Crippen molar-refractivity contribution in [1.82, 2.24) is 6.15 Å². The fraction of sp³-hybridized carbons (Fsp3) is 0. The Hall–Kier alpha value is -0.700. The lowest BCUT2D eigenvalue weighted by atomic mass is 11.9. The Morgan fingerprint density at radius 2 is 0.800 bits per heavy atom. The topological polar surface area (TPSA) is 69.1 Å². The minimum absolute atomic E-state index is 0. The molecule has 5 heavy (non-hydrogen) atoms. The lowest BCUT2D eigenvalue weighted by molar-refractivity contribution is -0.0987. The van der Waals surface area contributed by atoms with Crippen molar-refractivity contribution in [2.75, 3.05) is 0 Å². The van der Waals surface area contributed by atoms with Crippen molar-refractivity contribution in [3.63, 3.8) is 0 Å². The predicted molar refractivity (Wildman–Crippen MR) is 19.3 cm³/mol. The predicted octanol–water partition coefficient (Wildman–Crippen LogP) is -0.208.